The van der Waals surface area contributed by atoms with E-state index in [4.69, 9.17) is 0 Å². The molecule has 116 valence electrons. The van der Waals surface area contributed by atoms with E-state index >= 15 is 0 Å². The van der Waals surface area contributed by atoms with Gasteiger partial charge in [0.1, 0.15) is 0 Å². The Balaban J connectivity index is 0. The van der Waals surface area contributed by atoms with Crippen LogP contribution in [0, 0.1) is 0 Å². The van der Waals surface area contributed by atoms with Crippen LogP contribution in [0.2, 0.25) is 0 Å². The van der Waals surface area contributed by atoms with Crippen molar-refractivity contribution in [1.29, 1.82) is 0 Å². The molecule has 1 atom stereocenters. The molecule has 0 spiro atoms. The van der Waals surface area contributed by atoms with Crippen molar-refractivity contribution in [1.82, 2.24) is 10.2 Å². The van der Waals surface area contributed by atoms with Gasteiger partial charge in [-0.15, -0.1) is 12.4 Å². The van der Waals surface area contributed by atoms with Gasteiger partial charge in [-0.3, -0.25) is 4.79 Å². The van der Waals surface area contributed by atoms with Gasteiger partial charge in [0.2, 0.25) is 5.91 Å². The summed E-state index contributed by atoms with van der Waals surface area (Å²) >= 11 is 0. The normalized spacial score (nSPS) is 12.6. The SMILES string of the molecule is CCN(C(=O)CCCNC)C(C)CS(=O)(=O)CC.Cl. The van der Waals surface area contributed by atoms with Crippen molar-refractivity contribution in [3.8, 4) is 0 Å². The third kappa shape index (κ3) is 8.44. The molecular weight excluding hydrogens is 288 g/mol. The van der Waals surface area contributed by atoms with Crippen molar-refractivity contribution in [3.05, 3.63) is 0 Å². The molecule has 0 aliphatic heterocycles. The molecule has 7 heteroatoms. The molecule has 0 rings (SSSR count). The van der Waals surface area contributed by atoms with Gasteiger partial charge < -0.3 is 10.2 Å². The average molecular weight is 315 g/mol. The molecule has 0 radical (unpaired) electrons. The van der Waals surface area contributed by atoms with Crippen molar-refractivity contribution in [2.75, 3.05) is 31.6 Å². The Hall–Kier alpha value is -0.330. The average Bonchev–Trinajstić information content (AvgIpc) is 2.29. The van der Waals surface area contributed by atoms with Gasteiger partial charge in [0.05, 0.1) is 5.75 Å². The minimum absolute atomic E-state index is 0. The van der Waals surface area contributed by atoms with E-state index < -0.39 is 9.84 Å². The number of carbonyl (C=O) groups excluding carboxylic acids is 1. The molecule has 0 aromatic carbocycles. The van der Waals surface area contributed by atoms with Gasteiger partial charge in [0.25, 0.3) is 0 Å². The summed E-state index contributed by atoms with van der Waals surface area (Å²) in [5.41, 5.74) is 0. The molecular formula is C12H27ClN2O3S. The van der Waals surface area contributed by atoms with Crippen LogP contribution >= 0.6 is 12.4 Å². The number of carbonyl (C=O) groups is 1. The summed E-state index contributed by atoms with van der Waals surface area (Å²) < 4.78 is 23.1. The van der Waals surface area contributed by atoms with E-state index in [1.54, 1.807) is 18.7 Å². The smallest absolute Gasteiger partial charge is 0.222 e. The minimum Gasteiger partial charge on any atom is -0.339 e. The van der Waals surface area contributed by atoms with Crippen LogP contribution in [0.25, 0.3) is 0 Å². The molecule has 0 aromatic rings. The van der Waals surface area contributed by atoms with Crippen molar-refractivity contribution in [2.24, 2.45) is 0 Å². The highest BCUT2D eigenvalue weighted by atomic mass is 35.5. The highest BCUT2D eigenvalue weighted by molar-refractivity contribution is 7.91. The second-order valence-electron chi connectivity index (χ2n) is 4.43. The van der Waals surface area contributed by atoms with Crippen molar-refractivity contribution in [3.63, 3.8) is 0 Å². The molecule has 0 heterocycles. The van der Waals surface area contributed by atoms with Crippen LogP contribution in [0.1, 0.15) is 33.6 Å². The summed E-state index contributed by atoms with van der Waals surface area (Å²) in [7, 11) is -1.19. The lowest BCUT2D eigenvalue weighted by Crippen LogP contribution is -2.42. The lowest BCUT2D eigenvalue weighted by atomic mass is 10.2. The van der Waals surface area contributed by atoms with Crippen LogP contribution < -0.4 is 5.32 Å². The summed E-state index contributed by atoms with van der Waals surface area (Å²) in [6.45, 7) is 6.66. The quantitative estimate of drug-likeness (QED) is 0.647. The van der Waals surface area contributed by atoms with E-state index in [-0.39, 0.29) is 35.9 Å². The number of sulfone groups is 1. The number of rotatable bonds is 9. The molecule has 5 nitrogen and oxygen atoms in total. The Morgan fingerprint density at radius 2 is 1.89 bits per heavy atom. The third-order valence-electron chi connectivity index (χ3n) is 2.95. The van der Waals surface area contributed by atoms with E-state index in [9.17, 15) is 13.2 Å². The summed E-state index contributed by atoms with van der Waals surface area (Å²) in [4.78, 5) is 13.6. The van der Waals surface area contributed by atoms with Crippen LogP contribution in [-0.4, -0.2) is 56.9 Å². The third-order valence-corrected chi connectivity index (χ3v) is 4.82. The zero-order valence-corrected chi connectivity index (χ0v) is 13.9. The number of amides is 1. The Morgan fingerprint density at radius 1 is 1.32 bits per heavy atom. The predicted molar refractivity (Wildman–Crippen MR) is 81.6 cm³/mol. The fourth-order valence-corrected chi connectivity index (χ4v) is 3.02. The summed E-state index contributed by atoms with van der Waals surface area (Å²) in [6, 6.07) is -0.248. The maximum Gasteiger partial charge on any atom is 0.222 e. The summed E-state index contributed by atoms with van der Waals surface area (Å²) in [5, 5.41) is 2.99. The van der Waals surface area contributed by atoms with Crippen LogP contribution in [0.4, 0.5) is 0 Å². The fraction of sp³-hybridized carbons (Fsp3) is 0.917. The largest absolute Gasteiger partial charge is 0.339 e. The van der Waals surface area contributed by atoms with Crippen LogP contribution in [-0.2, 0) is 14.6 Å². The standard InChI is InChI=1S/C12H26N2O3S.ClH/c1-5-14(12(15)8-7-9-13-4)11(3)10-18(16,17)6-2;/h11,13H,5-10H2,1-4H3;1H. The zero-order chi connectivity index (χ0) is 14.2. The van der Waals surface area contributed by atoms with E-state index in [0.29, 0.717) is 13.0 Å². The van der Waals surface area contributed by atoms with E-state index in [2.05, 4.69) is 5.32 Å². The lowest BCUT2D eigenvalue weighted by Gasteiger charge is -2.28. The molecule has 19 heavy (non-hydrogen) atoms. The number of nitrogens with zero attached hydrogens (tertiary/aromatic N) is 1. The first-order chi connectivity index (χ1) is 8.37. The van der Waals surface area contributed by atoms with Gasteiger partial charge >= 0.3 is 0 Å². The zero-order valence-electron chi connectivity index (χ0n) is 12.3. The fourth-order valence-electron chi connectivity index (χ4n) is 1.87. The molecule has 1 N–H and O–H groups in total. The number of halogens is 1. The topological polar surface area (TPSA) is 66.5 Å². The number of hydrogen-bond donors (Lipinski definition) is 1. The molecule has 0 aromatic heterocycles. The molecule has 0 aliphatic rings. The van der Waals surface area contributed by atoms with E-state index in [1.807, 2.05) is 14.0 Å². The van der Waals surface area contributed by atoms with Crippen LogP contribution in [0.15, 0.2) is 0 Å². The number of nitrogens with one attached hydrogen (secondary N) is 1. The maximum atomic E-state index is 12.0. The van der Waals surface area contributed by atoms with E-state index in [1.165, 1.54) is 0 Å². The molecule has 0 bridgehead atoms. The van der Waals surface area contributed by atoms with Gasteiger partial charge in [-0.25, -0.2) is 8.42 Å². The van der Waals surface area contributed by atoms with E-state index in [0.717, 1.165) is 13.0 Å². The highest BCUT2D eigenvalue weighted by Gasteiger charge is 2.22. The Morgan fingerprint density at radius 3 is 2.32 bits per heavy atom. The first-order valence-electron chi connectivity index (χ1n) is 6.52. The van der Waals surface area contributed by atoms with Crippen molar-refractivity contribution < 1.29 is 13.2 Å². The van der Waals surface area contributed by atoms with Gasteiger partial charge in [-0.05, 0) is 33.9 Å². The summed E-state index contributed by atoms with van der Waals surface area (Å²) in [5.74, 6) is 0.212. The summed E-state index contributed by atoms with van der Waals surface area (Å²) in [6.07, 6.45) is 1.24. The van der Waals surface area contributed by atoms with Crippen LogP contribution in [0.5, 0.6) is 0 Å². The molecule has 0 fully saturated rings. The molecule has 1 amide bonds. The lowest BCUT2D eigenvalue weighted by molar-refractivity contribution is -0.132. The van der Waals surface area contributed by atoms with Gasteiger partial charge in [0, 0.05) is 24.8 Å². The second-order valence-corrected chi connectivity index (χ2v) is 6.83. The first-order valence-corrected chi connectivity index (χ1v) is 8.34. The Labute approximate surface area is 123 Å². The molecule has 1 unspecified atom stereocenters. The molecule has 0 saturated carbocycles. The number of hydrogen-bond acceptors (Lipinski definition) is 4. The molecule has 0 aliphatic carbocycles. The Kier molecular flexibility index (Phi) is 11.5. The van der Waals surface area contributed by atoms with Gasteiger partial charge in [0.15, 0.2) is 9.84 Å². The monoisotopic (exact) mass is 314 g/mol. The molecule has 0 saturated heterocycles. The van der Waals surface area contributed by atoms with Crippen molar-refractivity contribution in [2.45, 2.75) is 39.7 Å². The first kappa shape index (κ1) is 21.0. The minimum atomic E-state index is -3.04. The van der Waals surface area contributed by atoms with Gasteiger partial charge in [-0.2, -0.15) is 0 Å². The highest BCUT2D eigenvalue weighted by Crippen LogP contribution is 2.07. The van der Waals surface area contributed by atoms with Gasteiger partial charge in [-0.1, -0.05) is 6.92 Å². The van der Waals surface area contributed by atoms with Crippen molar-refractivity contribution >= 4 is 28.2 Å². The maximum absolute atomic E-state index is 12.0. The second kappa shape index (κ2) is 10.5. The Bertz CT molecular complexity index is 347. The van der Waals surface area contributed by atoms with Crippen LogP contribution in [0.3, 0.4) is 0 Å². The predicted octanol–water partition coefficient (Wildman–Crippen LogP) is 1.08.